The smallest absolute Gasteiger partial charge is 0.305 e. The Balaban J connectivity index is 3.48. The van der Waals surface area contributed by atoms with Crippen LogP contribution in [0, 0.1) is 0 Å². The number of esters is 1. The fourth-order valence-corrected chi connectivity index (χ4v) is 9.72. The molecule has 0 aromatic carbocycles. The summed E-state index contributed by atoms with van der Waals surface area (Å²) in [6, 6.07) is -0.551. The Bertz CT molecular complexity index is 1210. The number of hydrogen-bond donors (Lipinski definition) is 3. The number of unbranched alkanes of at least 4 members (excludes halogenated alkanes) is 41. The summed E-state index contributed by atoms with van der Waals surface area (Å²) in [5.74, 6) is -0.0701. The van der Waals surface area contributed by atoms with Crippen molar-refractivity contribution in [2.45, 2.75) is 347 Å². The van der Waals surface area contributed by atoms with E-state index in [-0.39, 0.29) is 18.5 Å². The first kappa shape index (κ1) is 69.8. The van der Waals surface area contributed by atoms with E-state index in [1.807, 2.05) is 0 Å². The average Bonchev–Trinajstić information content (AvgIpc) is 3.38. The van der Waals surface area contributed by atoms with E-state index in [0.717, 1.165) is 77.0 Å². The lowest BCUT2D eigenvalue weighted by Gasteiger charge is -2.22. The number of carbonyl (C=O) groups excluding carboxylic acids is 2. The third kappa shape index (κ3) is 57.1. The van der Waals surface area contributed by atoms with Gasteiger partial charge in [-0.1, -0.05) is 281 Å². The van der Waals surface area contributed by atoms with Crippen molar-refractivity contribution >= 4 is 11.9 Å². The molecule has 0 saturated carbocycles. The van der Waals surface area contributed by atoms with E-state index in [1.54, 1.807) is 0 Å². The van der Waals surface area contributed by atoms with E-state index < -0.39 is 12.1 Å². The molecule has 6 heteroatoms. The molecule has 6 nitrogen and oxygen atoms in total. The third-order valence-electron chi connectivity index (χ3n) is 14.6. The maximum absolute atomic E-state index is 12.5. The largest absolute Gasteiger partial charge is 0.466 e. The standard InChI is InChI=1S/C66H123NO5/c1-3-5-7-9-11-13-15-17-19-20-21-22-24-27-31-34-38-42-46-50-54-58-64(69)63(62-68)67-65(70)59-55-51-47-43-39-35-32-28-25-23-26-29-33-37-41-45-49-53-57-61-72-66(71)60-56-52-48-44-40-36-30-18-16-14-12-10-8-6-4-2/h12,14,18,29-30,33,37,41,63-64,68-69H,3-11,13,15-17,19-28,31-32,34-36,38-40,42-62H2,1-2H3,(H,67,70)/b14-12-,30-18-,33-29-,41-37-. The van der Waals surface area contributed by atoms with Crippen LogP contribution in [0.1, 0.15) is 335 Å². The zero-order valence-corrected chi connectivity index (χ0v) is 48.2. The molecule has 0 aromatic heterocycles. The third-order valence-corrected chi connectivity index (χ3v) is 14.6. The van der Waals surface area contributed by atoms with Crippen LogP contribution < -0.4 is 5.32 Å². The van der Waals surface area contributed by atoms with E-state index in [2.05, 4.69) is 67.8 Å². The molecule has 1 amide bonds. The van der Waals surface area contributed by atoms with Gasteiger partial charge in [0.2, 0.25) is 5.91 Å². The molecule has 0 aliphatic rings. The highest BCUT2D eigenvalue weighted by Gasteiger charge is 2.20. The summed E-state index contributed by atoms with van der Waals surface area (Å²) in [5.41, 5.74) is 0. The van der Waals surface area contributed by atoms with Crippen molar-refractivity contribution in [2.24, 2.45) is 0 Å². The minimum absolute atomic E-state index is 0.0272. The lowest BCUT2D eigenvalue weighted by Crippen LogP contribution is -2.45. The molecule has 0 radical (unpaired) electrons. The molecule has 2 unspecified atom stereocenters. The molecule has 0 aliphatic heterocycles. The number of allylic oxidation sites excluding steroid dienone is 8. The zero-order valence-electron chi connectivity index (χ0n) is 48.2. The molecular formula is C66H123NO5. The van der Waals surface area contributed by atoms with Crippen molar-refractivity contribution < 1.29 is 24.5 Å². The number of carbonyl (C=O) groups is 2. The molecule has 0 fully saturated rings. The molecular weight excluding hydrogens is 887 g/mol. The van der Waals surface area contributed by atoms with Gasteiger partial charge in [0.05, 0.1) is 25.4 Å². The number of aliphatic hydroxyl groups excluding tert-OH is 2. The van der Waals surface area contributed by atoms with Crippen LogP contribution in [0.25, 0.3) is 0 Å². The maximum Gasteiger partial charge on any atom is 0.305 e. The molecule has 422 valence electrons. The molecule has 0 bridgehead atoms. The second-order valence-corrected chi connectivity index (χ2v) is 21.8. The van der Waals surface area contributed by atoms with Gasteiger partial charge in [0.15, 0.2) is 0 Å². The van der Waals surface area contributed by atoms with Crippen LogP contribution in [0.3, 0.4) is 0 Å². The van der Waals surface area contributed by atoms with Crippen LogP contribution in [0.5, 0.6) is 0 Å². The summed E-state index contributed by atoms with van der Waals surface area (Å²) in [5, 5.41) is 23.4. The number of hydrogen-bond acceptors (Lipinski definition) is 5. The van der Waals surface area contributed by atoms with E-state index in [9.17, 15) is 19.8 Å². The Morgan fingerprint density at radius 1 is 0.403 bits per heavy atom. The van der Waals surface area contributed by atoms with Crippen molar-refractivity contribution in [3.8, 4) is 0 Å². The summed E-state index contributed by atoms with van der Waals surface area (Å²) >= 11 is 0. The Morgan fingerprint density at radius 2 is 0.736 bits per heavy atom. The second kappa shape index (κ2) is 61.4. The van der Waals surface area contributed by atoms with E-state index in [1.165, 1.54) is 225 Å². The molecule has 0 rings (SSSR count). The molecule has 0 aromatic rings. The van der Waals surface area contributed by atoms with Gasteiger partial charge in [-0.25, -0.2) is 0 Å². The molecule has 0 saturated heterocycles. The Labute approximate surface area is 448 Å². The van der Waals surface area contributed by atoms with Crippen LogP contribution >= 0.6 is 0 Å². The Morgan fingerprint density at radius 3 is 1.17 bits per heavy atom. The minimum atomic E-state index is -0.673. The van der Waals surface area contributed by atoms with Crippen molar-refractivity contribution in [2.75, 3.05) is 13.2 Å². The Hall–Kier alpha value is -2.18. The monoisotopic (exact) mass is 1010 g/mol. The normalized spacial score (nSPS) is 12.9. The van der Waals surface area contributed by atoms with Crippen LogP contribution in [0.4, 0.5) is 0 Å². The van der Waals surface area contributed by atoms with E-state index >= 15 is 0 Å². The number of rotatable bonds is 59. The number of ether oxygens (including phenoxy) is 1. The van der Waals surface area contributed by atoms with E-state index in [4.69, 9.17) is 4.74 Å². The van der Waals surface area contributed by atoms with Gasteiger partial charge in [0, 0.05) is 12.8 Å². The second-order valence-electron chi connectivity index (χ2n) is 21.8. The summed E-state index contributed by atoms with van der Waals surface area (Å²) in [6.45, 7) is 4.90. The van der Waals surface area contributed by atoms with Gasteiger partial charge in [-0.3, -0.25) is 9.59 Å². The lowest BCUT2D eigenvalue weighted by molar-refractivity contribution is -0.143. The first-order chi connectivity index (χ1) is 35.5. The SMILES string of the molecule is CCCCC/C=C\C/C=C\CCCCCCCC(=O)OCCCCC/C=C\C=C/CCCCCCCCCCCCC(=O)NC(CO)C(O)CCCCCCCCCCCCCCCCCCCCCCC. The summed E-state index contributed by atoms with van der Waals surface area (Å²) < 4.78 is 5.45. The molecule has 0 spiro atoms. The van der Waals surface area contributed by atoms with Gasteiger partial charge in [-0.15, -0.1) is 0 Å². The van der Waals surface area contributed by atoms with Gasteiger partial charge in [0.25, 0.3) is 0 Å². The van der Waals surface area contributed by atoms with Gasteiger partial charge >= 0.3 is 5.97 Å². The summed E-state index contributed by atoms with van der Waals surface area (Å²) in [6.07, 6.45) is 78.3. The first-order valence-electron chi connectivity index (χ1n) is 31.9. The van der Waals surface area contributed by atoms with Crippen LogP contribution in [0.2, 0.25) is 0 Å². The van der Waals surface area contributed by atoms with Crippen LogP contribution in [0.15, 0.2) is 48.6 Å². The maximum atomic E-state index is 12.5. The molecule has 2 atom stereocenters. The lowest BCUT2D eigenvalue weighted by atomic mass is 10.0. The molecule has 72 heavy (non-hydrogen) atoms. The highest BCUT2D eigenvalue weighted by molar-refractivity contribution is 5.76. The van der Waals surface area contributed by atoms with Crippen LogP contribution in [-0.4, -0.2) is 47.4 Å². The van der Waals surface area contributed by atoms with Crippen molar-refractivity contribution in [1.29, 1.82) is 0 Å². The summed E-state index contributed by atoms with van der Waals surface area (Å²) in [4.78, 5) is 24.6. The molecule has 3 N–H and O–H groups in total. The zero-order chi connectivity index (χ0) is 52.2. The predicted molar refractivity (Wildman–Crippen MR) is 315 cm³/mol. The highest BCUT2D eigenvalue weighted by Crippen LogP contribution is 2.18. The number of amides is 1. The van der Waals surface area contributed by atoms with E-state index in [0.29, 0.717) is 25.9 Å². The molecule has 0 aliphatic carbocycles. The number of aliphatic hydroxyl groups is 2. The van der Waals surface area contributed by atoms with Crippen molar-refractivity contribution in [3.63, 3.8) is 0 Å². The van der Waals surface area contributed by atoms with Gasteiger partial charge in [-0.2, -0.15) is 0 Å². The average molecular weight is 1010 g/mol. The fourth-order valence-electron chi connectivity index (χ4n) is 9.72. The predicted octanol–water partition coefficient (Wildman–Crippen LogP) is 20.1. The first-order valence-corrected chi connectivity index (χ1v) is 31.9. The van der Waals surface area contributed by atoms with Crippen molar-refractivity contribution in [1.82, 2.24) is 5.32 Å². The fraction of sp³-hybridized carbons (Fsp3) is 0.848. The minimum Gasteiger partial charge on any atom is -0.466 e. The highest BCUT2D eigenvalue weighted by atomic mass is 16.5. The summed E-state index contributed by atoms with van der Waals surface area (Å²) in [7, 11) is 0. The van der Waals surface area contributed by atoms with Crippen LogP contribution in [-0.2, 0) is 14.3 Å². The van der Waals surface area contributed by atoms with Gasteiger partial charge in [-0.05, 0) is 89.9 Å². The quantitative estimate of drug-likeness (QED) is 0.0244. The Kier molecular flexibility index (Phi) is 59.5. The topological polar surface area (TPSA) is 95.9 Å². The van der Waals surface area contributed by atoms with Gasteiger partial charge < -0.3 is 20.3 Å². The van der Waals surface area contributed by atoms with Gasteiger partial charge in [0.1, 0.15) is 0 Å². The molecule has 0 heterocycles. The number of nitrogens with one attached hydrogen (secondary N) is 1. The van der Waals surface area contributed by atoms with Crippen molar-refractivity contribution in [3.05, 3.63) is 48.6 Å².